The number of anilines is 1. The predicted octanol–water partition coefficient (Wildman–Crippen LogP) is 2.83. The van der Waals surface area contributed by atoms with Crippen molar-refractivity contribution in [1.29, 1.82) is 0 Å². The van der Waals surface area contributed by atoms with Crippen LogP contribution in [0.25, 0.3) is 11.0 Å². The van der Waals surface area contributed by atoms with Gasteiger partial charge in [-0.2, -0.15) is 5.10 Å². The van der Waals surface area contributed by atoms with E-state index in [9.17, 15) is 4.79 Å². The number of nitrogens with one attached hydrogen (secondary N) is 1. The summed E-state index contributed by atoms with van der Waals surface area (Å²) in [4.78, 5) is 22.1. The molecule has 0 aliphatic rings. The number of hydrogen-bond donors (Lipinski definition) is 1. The van der Waals surface area contributed by atoms with Crippen molar-refractivity contribution in [2.75, 3.05) is 18.5 Å². The SMILES string of the molecule is CCCC(C)CN(C)c1nc2c(C(C)(C)C)nn(C)c2c(=O)[nH]1. The van der Waals surface area contributed by atoms with Crippen LogP contribution in [0, 0.1) is 5.92 Å². The number of fused-ring (bicyclic) bond motifs is 1. The molecule has 2 rings (SSSR count). The van der Waals surface area contributed by atoms with Gasteiger partial charge in [0.2, 0.25) is 5.95 Å². The fraction of sp³-hybridized carbons (Fsp3) is 0.706. The highest BCUT2D eigenvalue weighted by molar-refractivity contribution is 5.78. The Bertz CT molecular complexity index is 738. The van der Waals surface area contributed by atoms with Crippen molar-refractivity contribution in [2.45, 2.75) is 52.9 Å². The van der Waals surface area contributed by atoms with Gasteiger partial charge < -0.3 is 4.90 Å². The molecule has 6 heteroatoms. The summed E-state index contributed by atoms with van der Waals surface area (Å²) in [6.07, 6.45) is 2.33. The molecule has 128 valence electrons. The molecule has 0 aliphatic carbocycles. The summed E-state index contributed by atoms with van der Waals surface area (Å²) in [5.74, 6) is 1.17. The summed E-state index contributed by atoms with van der Waals surface area (Å²) < 4.78 is 1.63. The average molecular weight is 319 g/mol. The van der Waals surface area contributed by atoms with Gasteiger partial charge in [-0.3, -0.25) is 14.5 Å². The smallest absolute Gasteiger partial charge is 0.278 e. The molecule has 1 N–H and O–H groups in total. The maximum atomic E-state index is 12.5. The van der Waals surface area contributed by atoms with Gasteiger partial charge in [0.05, 0.1) is 5.69 Å². The standard InChI is InChI=1S/C17H29N5O/c1-8-9-11(2)10-21(6)16-18-12-13(15(23)19-16)22(7)20-14(12)17(3,4)5/h11H,8-10H2,1-7H3,(H,18,19,23). The van der Waals surface area contributed by atoms with Crippen molar-refractivity contribution in [1.82, 2.24) is 19.7 Å². The molecule has 6 nitrogen and oxygen atoms in total. The van der Waals surface area contributed by atoms with Gasteiger partial charge in [0.25, 0.3) is 5.56 Å². The number of hydrogen-bond acceptors (Lipinski definition) is 4. The summed E-state index contributed by atoms with van der Waals surface area (Å²) in [7, 11) is 3.77. The molecular formula is C17H29N5O. The maximum Gasteiger partial charge on any atom is 0.278 e. The zero-order chi connectivity index (χ0) is 17.4. The zero-order valence-corrected chi connectivity index (χ0v) is 15.4. The third-order valence-electron chi connectivity index (χ3n) is 4.12. The van der Waals surface area contributed by atoms with E-state index in [4.69, 9.17) is 4.98 Å². The number of H-pyrrole nitrogens is 1. The Morgan fingerprint density at radius 2 is 2.00 bits per heavy atom. The molecule has 0 bridgehead atoms. The van der Waals surface area contributed by atoms with Gasteiger partial charge in [-0.25, -0.2) is 4.98 Å². The van der Waals surface area contributed by atoms with Crippen LogP contribution in [0.2, 0.25) is 0 Å². The van der Waals surface area contributed by atoms with Crippen LogP contribution in [-0.2, 0) is 12.5 Å². The van der Waals surface area contributed by atoms with Gasteiger partial charge in [0.1, 0.15) is 5.52 Å². The molecule has 0 aliphatic heterocycles. The first-order valence-corrected chi connectivity index (χ1v) is 8.33. The molecule has 0 spiro atoms. The lowest BCUT2D eigenvalue weighted by molar-refractivity contribution is 0.521. The lowest BCUT2D eigenvalue weighted by Gasteiger charge is -2.22. The summed E-state index contributed by atoms with van der Waals surface area (Å²) in [5.41, 5.74) is 1.80. The van der Waals surface area contributed by atoms with Gasteiger partial charge in [0, 0.05) is 26.1 Å². The van der Waals surface area contributed by atoms with Crippen molar-refractivity contribution in [3.63, 3.8) is 0 Å². The Morgan fingerprint density at radius 3 is 2.57 bits per heavy atom. The van der Waals surface area contributed by atoms with Crippen molar-refractivity contribution < 1.29 is 0 Å². The highest BCUT2D eigenvalue weighted by Gasteiger charge is 2.25. The van der Waals surface area contributed by atoms with Crippen LogP contribution in [0.4, 0.5) is 5.95 Å². The molecule has 2 aromatic heterocycles. The fourth-order valence-electron chi connectivity index (χ4n) is 2.99. The van der Waals surface area contributed by atoms with Crippen LogP contribution in [0.3, 0.4) is 0 Å². The molecule has 0 saturated heterocycles. The second-order valence-electron chi connectivity index (χ2n) is 7.58. The van der Waals surface area contributed by atoms with Crippen molar-refractivity contribution >= 4 is 17.0 Å². The van der Waals surface area contributed by atoms with E-state index < -0.39 is 0 Å². The molecule has 0 amide bonds. The van der Waals surface area contributed by atoms with Crippen LogP contribution in [0.5, 0.6) is 0 Å². The van der Waals surface area contributed by atoms with Gasteiger partial charge in [-0.05, 0) is 12.3 Å². The highest BCUT2D eigenvalue weighted by atomic mass is 16.1. The summed E-state index contributed by atoms with van der Waals surface area (Å²) in [5, 5.41) is 4.53. The Hall–Kier alpha value is -1.85. The topological polar surface area (TPSA) is 66.8 Å². The van der Waals surface area contributed by atoms with Crippen LogP contribution in [0.15, 0.2) is 4.79 Å². The van der Waals surface area contributed by atoms with Crippen molar-refractivity contribution in [2.24, 2.45) is 13.0 Å². The quantitative estimate of drug-likeness (QED) is 0.920. The fourth-order valence-corrected chi connectivity index (χ4v) is 2.99. The highest BCUT2D eigenvalue weighted by Crippen LogP contribution is 2.27. The first-order chi connectivity index (χ1) is 10.6. The Morgan fingerprint density at radius 1 is 1.35 bits per heavy atom. The minimum absolute atomic E-state index is 0.134. The van der Waals surface area contributed by atoms with Gasteiger partial charge in [-0.1, -0.05) is 41.0 Å². The number of rotatable bonds is 5. The predicted molar refractivity (Wildman–Crippen MR) is 95.2 cm³/mol. The van der Waals surface area contributed by atoms with E-state index >= 15 is 0 Å². The first kappa shape index (κ1) is 17.5. The molecule has 2 aromatic rings. The van der Waals surface area contributed by atoms with E-state index in [-0.39, 0.29) is 11.0 Å². The first-order valence-electron chi connectivity index (χ1n) is 8.33. The van der Waals surface area contributed by atoms with E-state index in [1.54, 1.807) is 11.7 Å². The third-order valence-corrected chi connectivity index (χ3v) is 4.12. The molecule has 1 unspecified atom stereocenters. The molecular weight excluding hydrogens is 290 g/mol. The molecule has 0 radical (unpaired) electrons. The van der Waals surface area contributed by atoms with Crippen LogP contribution in [-0.4, -0.2) is 33.3 Å². The van der Waals surface area contributed by atoms with Crippen LogP contribution >= 0.6 is 0 Å². The number of aromatic amines is 1. The van der Waals surface area contributed by atoms with E-state index in [2.05, 4.69) is 44.7 Å². The maximum absolute atomic E-state index is 12.5. The Kier molecular flexibility index (Phi) is 4.82. The number of nitrogens with zero attached hydrogens (tertiary/aromatic N) is 4. The summed E-state index contributed by atoms with van der Waals surface area (Å²) in [6, 6.07) is 0. The van der Waals surface area contributed by atoms with E-state index in [1.807, 2.05) is 11.9 Å². The number of aromatic nitrogens is 4. The lowest BCUT2D eigenvalue weighted by Crippen LogP contribution is -2.28. The normalized spacial score (nSPS) is 13.5. The molecule has 23 heavy (non-hydrogen) atoms. The Labute approximate surface area is 137 Å². The third kappa shape index (κ3) is 3.57. The zero-order valence-electron chi connectivity index (χ0n) is 15.4. The largest absolute Gasteiger partial charge is 0.345 e. The minimum Gasteiger partial charge on any atom is -0.345 e. The summed E-state index contributed by atoms with van der Waals surface area (Å²) >= 11 is 0. The minimum atomic E-state index is -0.161. The van der Waals surface area contributed by atoms with E-state index in [0.717, 1.165) is 25.1 Å². The second-order valence-corrected chi connectivity index (χ2v) is 7.58. The van der Waals surface area contributed by atoms with E-state index in [1.165, 1.54) is 0 Å². The van der Waals surface area contributed by atoms with Crippen molar-refractivity contribution in [3.05, 3.63) is 16.0 Å². The summed E-state index contributed by atoms with van der Waals surface area (Å²) in [6.45, 7) is 11.5. The molecule has 1 atom stereocenters. The van der Waals surface area contributed by atoms with Gasteiger partial charge in [0.15, 0.2) is 5.52 Å². The number of aryl methyl sites for hydroxylation is 1. The van der Waals surface area contributed by atoms with Gasteiger partial charge >= 0.3 is 0 Å². The molecule has 0 aromatic carbocycles. The van der Waals surface area contributed by atoms with Crippen LogP contribution in [0.1, 0.15) is 53.2 Å². The molecule has 2 heterocycles. The molecule has 0 saturated carbocycles. The van der Waals surface area contributed by atoms with E-state index in [0.29, 0.717) is 22.9 Å². The Balaban J connectivity index is 2.50. The lowest BCUT2D eigenvalue weighted by atomic mass is 9.91. The van der Waals surface area contributed by atoms with Crippen molar-refractivity contribution in [3.8, 4) is 0 Å². The molecule has 0 fully saturated rings. The van der Waals surface area contributed by atoms with Crippen LogP contribution < -0.4 is 10.5 Å². The monoisotopic (exact) mass is 319 g/mol. The van der Waals surface area contributed by atoms with Gasteiger partial charge in [-0.15, -0.1) is 0 Å². The average Bonchev–Trinajstić information content (AvgIpc) is 2.76. The second kappa shape index (κ2) is 6.34.